The summed E-state index contributed by atoms with van der Waals surface area (Å²) in [6.07, 6.45) is 0. The highest BCUT2D eigenvalue weighted by Gasteiger charge is 2.65. The van der Waals surface area contributed by atoms with E-state index in [4.69, 9.17) is 5.11 Å². The van der Waals surface area contributed by atoms with Crippen molar-refractivity contribution in [3.05, 3.63) is 29.8 Å². The quantitative estimate of drug-likeness (QED) is 0.758. The van der Waals surface area contributed by atoms with Gasteiger partial charge in [0.25, 0.3) is 5.91 Å². The van der Waals surface area contributed by atoms with Crippen LogP contribution in [-0.4, -0.2) is 61.1 Å². The molecule has 2 saturated heterocycles. The first kappa shape index (κ1) is 18.2. The maximum Gasteiger partial charge on any atom is 0.335 e. The minimum absolute atomic E-state index is 0.000181. The van der Waals surface area contributed by atoms with Crippen molar-refractivity contribution in [3.8, 4) is 0 Å². The Bertz CT molecular complexity index is 823. The third kappa shape index (κ3) is 2.63. The van der Waals surface area contributed by atoms with Gasteiger partial charge in [-0.2, -0.15) is 0 Å². The molecule has 0 bridgehead atoms. The van der Waals surface area contributed by atoms with E-state index in [2.05, 4.69) is 0 Å². The van der Waals surface area contributed by atoms with Gasteiger partial charge in [0.1, 0.15) is 17.5 Å². The highest BCUT2D eigenvalue weighted by Crippen LogP contribution is 2.52. The van der Waals surface area contributed by atoms with Gasteiger partial charge in [-0.1, -0.05) is 6.07 Å². The van der Waals surface area contributed by atoms with Crippen LogP contribution in [0.4, 0.5) is 5.69 Å². The maximum absolute atomic E-state index is 12.7. The molecule has 2 heterocycles. The number of carboxylic acids is 2. The SMILES string of the molecule is CC(=O)N(c1cccc(C(=O)O)c1)[C@@H]1C(=O)N2[C@@H]1SC(C)(C)[C@@H]2C(=O)O. The molecule has 138 valence electrons. The normalized spacial score (nSPS) is 26.0. The van der Waals surface area contributed by atoms with Crippen molar-refractivity contribution in [1.82, 2.24) is 4.90 Å². The van der Waals surface area contributed by atoms with Crippen molar-refractivity contribution < 1.29 is 29.4 Å². The number of amides is 2. The second kappa shape index (κ2) is 6.01. The average Bonchev–Trinajstić information content (AvgIpc) is 2.80. The molecular weight excluding hydrogens is 360 g/mol. The number of carbonyl (C=O) groups is 4. The van der Waals surface area contributed by atoms with Gasteiger partial charge >= 0.3 is 11.9 Å². The minimum Gasteiger partial charge on any atom is -0.480 e. The summed E-state index contributed by atoms with van der Waals surface area (Å²) in [4.78, 5) is 50.3. The summed E-state index contributed by atoms with van der Waals surface area (Å²) < 4.78 is -0.702. The first-order chi connectivity index (χ1) is 12.1. The predicted molar refractivity (Wildman–Crippen MR) is 94.1 cm³/mol. The van der Waals surface area contributed by atoms with Crippen molar-refractivity contribution in [2.75, 3.05) is 4.90 Å². The lowest BCUT2D eigenvalue weighted by Crippen LogP contribution is -2.71. The lowest BCUT2D eigenvalue weighted by Gasteiger charge is -2.48. The first-order valence-electron chi connectivity index (χ1n) is 7.92. The molecule has 0 aliphatic carbocycles. The number of anilines is 1. The molecule has 3 atom stereocenters. The molecule has 8 nitrogen and oxygen atoms in total. The van der Waals surface area contributed by atoms with E-state index in [1.807, 2.05) is 0 Å². The van der Waals surface area contributed by atoms with Crippen LogP contribution in [0.15, 0.2) is 24.3 Å². The predicted octanol–water partition coefficient (Wildman–Crippen LogP) is 1.25. The molecule has 0 aromatic heterocycles. The molecule has 9 heteroatoms. The molecule has 3 rings (SSSR count). The Morgan fingerprint density at radius 3 is 2.42 bits per heavy atom. The Morgan fingerprint density at radius 1 is 1.23 bits per heavy atom. The first-order valence-corrected chi connectivity index (χ1v) is 8.80. The zero-order valence-corrected chi connectivity index (χ0v) is 15.2. The monoisotopic (exact) mass is 378 g/mol. The Balaban J connectivity index is 1.98. The van der Waals surface area contributed by atoms with E-state index < -0.39 is 46.0 Å². The van der Waals surface area contributed by atoms with Crippen molar-refractivity contribution >= 4 is 41.2 Å². The molecule has 1 aromatic carbocycles. The van der Waals surface area contributed by atoms with Crippen LogP contribution in [0.3, 0.4) is 0 Å². The molecule has 0 spiro atoms. The Labute approximate surface area is 153 Å². The number of rotatable bonds is 4. The van der Waals surface area contributed by atoms with E-state index in [-0.39, 0.29) is 5.56 Å². The largest absolute Gasteiger partial charge is 0.480 e. The lowest BCUT2D eigenvalue weighted by atomic mass is 9.95. The van der Waals surface area contributed by atoms with Crippen molar-refractivity contribution in [2.45, 2.75) is 43.0 Å². The number of carbonyl (C=O) groups excluding carboxylic acids is 2. The highest BCUT2D eigenvalue weighted by atomic mass is 32.2. The van der Waals surface area contributed by atoms with E-state index >= 15 is 0 Å². The van der Waals surface area contributed by atoms with Gasteiger partial charge in [0.05, 0.1) is 5.56 Å². The van der Waals surface area contributed by atoms with Gasteiger partial charge in [0.2, 0.25) is 5.91 Å². The molecule has 26 heavy (non-hydrogen) atoms. The molecule has 1 aromatic rings. The third-order valence-corrected chi connectivity index (χ3v) is 6.19. The summed E-state index contributed by atoms with van der Waals surface area (Å²) in [7, 11) is 0. The minimum atomic E-state index is -1.14. The number of thioether (sulfide) groups is 1. The molecule has 2 aliphatic rings. The number of nitrogens with zero attached hydrogens (tertiary/aromatic N) is 2. The van der Waals surface area contributed by atoms with E-state index in [0.29, 0.717) is 5.69 Å². The molecule has 0 unspecified atom stereocenters. The number of β-lactam (4-membered cyclic amide) rings is 1. The van der Waals surface area contributed by atoms with Crippen LogP contribution < -0.4 is 4.90 Å². The summed E-state index contributed by atoms with van der Waals surface area (Å²) in [6, 6.07) is 3.96. The fraction of sp³-hybridized carbons (Fsp3) is 0.412. The third-order valence-electron chi connectivity index (χ3n) is 4.64. The number of benzene rings is 1. The molecule has 0 radical (unpaired) electrons. The highest BCUT2D eigenvalue weighted by molar-refractivity contribution is 8.01. The molecule has 2 amide bonds. The fourth-order valence-corrected chi connectivity index (χ4v) is 5.23. The summed E-state index contributed by atoms with van der Waals surface area (Å²) in [5.74, 6) is -3.09. The van der Waals surface area contributed by atoms with E-state index in [9.17, 15) is 24.3 Å². The average molecular weight is 378 g/mol. The molecule has 2 fully saturated rings. The number of carboxylic acid groups (broad SMARTS) is 2. The zero-order chi connectivity index (χ0) is 19.4. The van der Waals surface area contributed by atoms with E-state index in [0.717, 1.165) is 0 Å². The van der Waals surface area contributed by atoms with Gasteiger partial charge in [-0.25, -0.2) is 9.59 Å². The van der Waals surface area contributed by atoms with E-state index in [1.54, 1.807) is 19.9 Å². The summed E-state index contributed by atoms with van der Waals surface area (Å²) >= 11 is 1.33. The van der Waals surface area contributed by atoms with Gasteiger partial charge in [-0.05, 0) is 32.0 Å². The second-order valence-electron chi connectivity index (χ2n) is 6.79. The Kier molecular flexibility index (Phi) is 4.22. The fourth-order valence-electron chi connectivity index (χ4n) is 3.56. The number of aromatic carboxylic acids is 1. The van der Waals surface area contributed by atoms with Crippen molar-refractivity contribution in [3.63, 3.8) is 0 Å². The van der Waals surface area contributed by atoms with E-state index in [1.165, 1.54) is 46.7 Å². The Hall–Kier alpha value is -2.55. The van der Waals surface area contributed by atoms with Crippen LogP contribution in [0, 0.1) is 0 Å². The standard InChI is InChI=1S/C17H18N2O6S/c1-8(20)18(10-6-4-5-9(7-10)15(22)23)11-13(21)19-12(16(24)25)17(2,3)26-14(11)19/h4-7,11-12,14H,1-3H3,(H,22,23)(H,24,25)/t11-,12+,14-/m1/s1. The van der Waals surface area contributed by atoms with Gasteiger partial charge in [0.15, 0.2) is 0 Å². The maximum atomic E-state index is 12.7. The zero-order valence-electron chi connectivity index (χ0n) is 14.4. The Morgan fingerprint density at radius 2 is 1.88 bits per heavy atom. The van der Waals surface area contributed by atoms with Crippen LogP contribution in [-0.2, 0) is 14.4 Å². The summed E-state index contributed by atoms with van der Waals surface area (Å²) in [6.45, 7) is 4.80. The molecular formula is C17H18N2O6S. The van der Waals surface area contributed by atoms with Crippen molar-refractivity contribution in [2.24, 2.45) is 0 Å². The molecule has 0 saturated carbocycles. The van der Waals surface area contributed by atoms with Crippen LogP contribution >= 0.6 is 11.8 Å². The van der Waals surface area contributed by atoms with Gasteiger partial charge in [-0.3, -0.25) is 14.5 Å². The number of fused-ring (bicyclic) bond motifs is 1. The topological polar surface area (TPSA) is 115 Å². The smallest absolute Gasteiger partial charge is 0.335 e. The van der Waals surface area contributed by atoms with Gasteiger partial charge in [0, 0.05) is 17.4 Å². The van der Waals surface area contributed by atoms with Crippen molar-refractivity contribution in [1.29, 1.82) is 0 Å². The van der Waals surface area contributed by atoms with Gasteiger partial charge < -0.3 is 15.1 Å². The van der Waals surface area contributed by atoms with Crippen LogP contribution in [0.5, 0.6) is 0 Å². The van der Waals surface area contributed by atoms with Crippen LogP contribution in [0.2, 0.25) is 0 Å². The lowest BCUT2D eigenvalue weighted by molar-refractivity contribution is -0.159. The number of aliphatic carboxylic acids is 1. The molecule has 2 aliphatic heterocycles. The second-order valence-corrected chi connectivity index (χ2v) is 8.56. The van der Waals surface area contributed by atoms with Crippen LogP contribution in [0.1, 0.15) is 31.1 Å². The summed E-state index contributed by atoms with van der Waals surface area (Å²) in [5.41, 5.74) is 0.299. The number of hydrogen-bond donors (Lipinski definition) is 2. The summed E-state index contributed by atoms with van der Waals surface area (Å²) in [5, 5.41) is 18.2. The molecule has 2 N–H and O–H groups in total. The van der Waals surface area contributed by atoms with Crippen LogP contribution in [0.25, 0.3) is 0 Å². The number of hydrogen-bond acceptors (Lipinski definition) is 5. The van der Waals surface area contributed by atoms with Gasteiger partial charge in [-0.15, -0.1) is 11.8 Å².